The monoisotopic (exact) mass is 597 g/mol. The van der Waals surface area contributed by atoms with Crippen LogP contribution in [0.2, 0.25) is 0 Å². The lowest BCUT2D eigenvalue weighted by molar-refractivity contribution is -0.143. The van der Waals surface area contributed by atoms with Crippen molar-refractivity contribution in [3.05, 3.63) is 0 Å². The lowest BCUT2D eigenvalue weighted by Gasteiger charge is -2.32. The summed E-state index contributed by atoms with van der Waals surface area (Å²) in [6.45, 7) is 10.3. The number of hydrogen-bond acceptors (Lipinski definition) is 8. The third-order valence-corrected chi connectivity index (χ3v) is 7.32. The molecule has 0 bridgehead atoms. The van der Waals surface area contributed by atoms with Crippen LogP contribution in [0.5, 0.6) is 0 Å². The fourth-order valence-electron chi connectivity index (χ4n) is 4.44. The summed E-state index contributed by atoms with van der Waals surface area (Å²) in [7, 11) is 0. The molecule has 1 heterocycles. The maximum absolute atomic E-state index is 13.4. The molecule has 1 fully saturated rings. The predicted molar refractivity (Wildman–Crippen MR) is 152 cm³/mol. The molecular weight excluding hydrogens is 550 g/mol. The smallest absolute Gasteiger partial charge is 0.326 e. The highest BCUT2D eigenvalue weighted by Gasteiger charge is 2.40. The predicted octanol–water partition coefficient (Wildman–Crippen LogP) is -1.66. The second-order valence-corrected chi connectivity index (χ2v) is 11.2. The van der Waals surface area contributed by atoms with Gasteiger partial charge < -0.3 is 42.7 Å². The molecule has 0 radical (unpaired) electrons. The average Bonchev–Trinajstić information content (AvgIpc) is 3.40. The van der Waals surface area contributed by atoms with Crippen molar-refractivity contribution >= 4 is 41.4 Å². The zero-order chi connectivity index (χ0) is 32.3. The first-order valence-electron chi connectivity index (χ1n) is 14.3. The molecule has 9 N–H and O–H groups in total. The largest absolute Gasteiger partial charge is 0.480 e. The minimum atomic E-state index is -1.38. The number of carbonyl (C=O) groups excluding carboxylic acids is 6. The van der Waals surface area contributed by atoms with E-state index in [2.05, 4.69) is 21.3 Å². The Hall–Kier alpha value is -3.75. The number of likely N-dealkylation sites (tertiary alicyclic amines) is 1. The third-order valence-electron chi connectivity index (χ3n) is 7.32. The van der Waals surface area contributed by atoms with Gasteiger partial charge in [-0.1, -0.05) is 34.1 Å². The number of nitrogens with one attached hydrogen (secondary N) is 4. The van der Waals surface area contributed by atoms with Gasteiger partial charge >= 0.3 is 5.97 Å². The standard InChI is InChI=1S/C27H47N7O8/c1-7-14(4)21(25(39)30-16(6)23(37)31-17(27(41)42)10-11-19(29)35)33-24(38)18-9-8-12-34(18)26(40)20(13(2)3)32-22(36)15(5)28/h13-18,20-21H,7-12,28H2,1-6H3,(H2,29,35)(H,30,39)(H,31,37)(H,32,36)(H,33,38)(H,41,42)/t14-,15-,16-,17-,18-,20-,21-/m0/s1. The van der Waals surface area contributed by atoms with Crippen LogP contribution in [0.25, 0.3) is 0 Å². The molecule has 42 heavy (non-hydrogen) atoms. The zero-order valence-electron chi connectivity index (χ0n) is 25.3. The molecule has 1 aliphatic heterocycles. The maximum Gasteiger partial charge on any atom is 0.326 e. The van der Waals surface area contributed by atoms with Crippen LogP contribution >= 0.6 is 0 Å². The summed E-state index contributed by atoms with van der Waals surface area (Å²) in [6.07, 6.45) is 0.940. The number of rotatable bonds is 16. The Morgan fingerprint density at radius 1 is 0.881 bits per heavy atom. The molecule has 0 spiro atoms. The van der Waals surface area contributed by atoms with Crippen molar-refractivity contribution < 1.29 is 38.7 Å². The van der Waals surface area contributed by atoms with Gasteiger partial charge in [-0.05, 0) is 44.9 Å². The molecule has 15 nitrogen and oxygen atoms in total. The van der Waals surface area contributed by atoms with Crippen LogP contribution in [0.15, 0.2) is 0 Å². The quantitative estimate of drug-likeness (QED) is 0.107. The van der Waals surface area contributed by atoms with Gasteiger partial charge in [-0.3, -0.25) is 28.8 Å². The summed E-state index contributed by atoms with van der Waals surface area (Å²) in [6, 6.07) is -6.18. The van der Waals surface area contributed by atoms with Crippen molar-refractivity contribution in [2.45, 2.75) is 110 Å². The van der Waals surface area contributed by atoms with Gasteiger partial charge in [0.25, 0.3) is 0 Å². The summed E-state index contributed by atoms with van der Waals surface area (Å²) in [5, 5.41) is 19.5. The number of amides is 6. The first-order chi connectivity index (χ1) is 19.5. The molecule has 15 heteroatoms. The Bertz CT molecular complexity index is 1020. The van der Waals surface area contributed by atoms with Crippen molar-refractivity contribution in [3.63, 3.8) is 0 Å². The lowest BCUT2D eigenvalue weighted by atomic mass is 9.97. The number of carboxylic acids is 1. The number of nitrogens with two attached hydrogens (primary N) is 2. The van der Waals surface area contributed by atoms with Crippen LogP contribution in [-0.4, -0.2) is 94.2 Å². The van der Waals surface area contributed by atoms with Gasteiger partial charge in [-0.2, -0.15) is 0 Å². The Labute approximate surface area is 246 Å². The maximum atomic E-state index is 13.4. The van der Waals surface area contributed by atoms with E-state index in [4.69, 9.17) is 11.5 Å². The minimum Gasteiger partial charge on any atom is -0.480 e. The summed E-state index contributed by atoms with van der Waals surface area (Å²) >= 11 is 0. The molecule has 1 aliphatic rings. The molecule has 1 rings (SSSR count). The molecule has 7 atom stereocenters. The fourth-order valence-corrected chi connectivity index (χ4v) is 4.44. The summed E-state index contributed by atoms with van der Waals surface area (Å²) < 4.78 is 0. The van der Waals surface area contributed by atoms with Gasteiger partial charge in [0.1, 0.15) is 30.2 Å². The summed E-state index contributed by atoms with van der Waals surface area (Å²) in [5.74, 6) is -5.62. The second-order valence-electron chi connectivity index (χ2n) is 11.2. The van der Waals surface area contributed by atoms with Crippen molar-refractivity contribution in [2.75, 3.05) is 6.54 Å². The normalized spacial score (nSPS) is 19.0. The van der Waals surface area contributed by atoms with E-state index in [1.807, 2.05) is 6.92 Å². The molecule has 1 saturated heterocycles. The van der Waals surface area contributed by atoms with Crippen LogP contribution in [0, 0.1) is 11.8 Å². The third kappa shape index (κ3) is 10.6. The number of carboxylic acid groups (broad SMARTS) is 1. The van der Waals surface area contributed by atoms with Gasteiger partial charge in [0.05, 0.1) is 6.04 Å². The van der Waals surface area contributed by atoms with E-state index < -0.39 is 77.7 Å². The Morgan fingerprint density at radius 2 is 1.50 bits per heavy atom. The van der Waals surface area contributed by atoms with Crippen LogP contribution in [0.4, 0.5) is 0 Å². The van der Waals surface area contributed by atoms with Gasteiger partial charge in [0.15, 0.2) is 0 Å². The van der Waals surface area contributed by atoms with Crippen LogP contribution in [-0.2, 0) is 33.6 Å². The first-order valence-corrected chi connectivity index (χ1v) is 14.3. The van der Waals surface area contributed by atoms with Crippen molar-refractivity contribution in [3.8, 4) is 0 Å². The fraction of sp³-hybridized carbons (Fsp3) is 0.741. The number of nitrogens with zero attached hydrogens (tertiary/aromatic N) is 1. The minimum absolute atomic E-state index is 0.216. The van der Waals surface area contributed by atoms with Gasteiger partial charge in [0.2, 0.25) is 35.4 Å². The number of primary amides is 1. The SMILES string of the molecule is CC[C@H](C)[C@H](NC(=O)[C@@H]1CCCN1C(=O)[C@@H](NC(=O)[C@H](C)N)C(C)C)C(=O)N[C@@H](C)C(=O)N[C@@H](CCC(N)=O)C(=O)O. The molecule has 0 aromatic rings. The molecule has 6 amide bonds. The highest BCUT2D eigenvalue weighted by Crippen LogP contribution is 2.21. The van der Waals surface area contributed by atoms with Crippen LogP contribution in [0.1, 0.15) is 73.6 Å². The Kier molecular flexibility index (Phi) is 14.4. The van der Waals surface area contributed by atoms with Gasteiger partial charge in [-0.25, -0.2) is 4.79 Å². The highest BCUT2D eigenvalue weighted by atomic mass is 16.4. The van der Waals surface area contributed by atoms with Gasteiger partial charge in [-0.15, -0.1) is 0 Å². The van der Waals surface area contributed by atoms with Crippen molar-refractivity contribution in [1.82, 2.24) is 26.2 Å². The molecule has 0 unspecified atom stereocenters. The number of aliphatic carboxylic acids is 1. The van der Waals surface area contributed by atoms with E-state index in [1.54, 1.807) is 20.8 Å². The summed E-state index contributed by atoms with van der Waals surface area (Å²) in [4.78, 5) is 88.7. The van der Waals surface area contributed by atoms with Crippen molar-refractivity contribution in [1.29, 1.82) is 0 Å². The molecule has 0 aliphatic carbocycles. The molecule has 0 aromatic heterocycles. The van der Waals surface area contributed by atoms with Crippen LogP contribution in [0.3, 0.4) is 0 Å². The van der Waals surface area contributed by atoms with E-state index in [0.29, 0.717) is 25.8 Å². The lowest BCUT2D eigenvalue weighted by Crippen LogP contribution is -2.60. The second kappa shape index (κ2) is 16.6. The van der Waals surface area contributed by atoms with Crippen LogP contribution < -0.4 is 32.7 Å². The first kappa shape index (κ1) is 36.3. The van der Waals surface area contributed by atoms with Gasteiger partial charge in [0, 0.05) is 13.0 Å². The Morgan fingerprint density at radius 3 is 2.00 bits per heavy atom. The summed E-state index contributed by atoms with van der Waals surface area (Å²) in [5.41, 5.74) is 10.7. The molecule has 238 valence electrons. The molecular formula is C27H47N7O8. The highest BCUT2D eigenvalue weighted by molar-refractivity contribution is 5.96. The molecule has 0 aromatic carbocycles. The molecule has 0 saturated carbocycles. The topological polar surface area (TPSA) is 243 Å². The van der Waals surface area contributed by atoms with E-state index in [9.17, 15) is 38.7 Å². The number of carbonyl (C=O) groups is 7. The van der Waals surface area contributed by atoms with E-state index in [0.717, 1.165) is 0 Å². The van der Waals surface area contributed by atoms with Crippen molar-refractivity contribution in [2.24, 2.45) is 23.3 Å². The Balaban J connectivity index is 2.99. The van der Waals surface area contributed by atoms with E-state index in [1.165, 1.54) is 18.7 Å². The van der Waals surface area contributed by atoms with E-state index >= 15 is 0 Å². The number of hydrogen-bond donors (Lipinski definition) is 7. The average molecular weight is 598 g/mol. The van der Waals surface area contributed by atoms with E-state index in [-0.39, 0.29) is 24.7 Å². The zero-order valence-corrected chi connectivity index (χ0v) is 25.3.